The lowest BCUT2D eigenvalue weighted by atomic mass is 10.2. The molecule has 2 aromatic rings. The Hall–Kier alpha value is -1.48. The minimum Gasteiger partial charge on any atom is -0.348 e. The molecule has 1 N–H and O–H groups in total. The van der Waals surface area contributed by atoms with Crippen LogP contribution in [0, 0.1) is 13.0 Å². The van der Waals surface area contributed by atoms with Crippen LogP contribution in [-0.2, 0) is 6.54 Å². The summed E-state index contributed by atoms with van der Waals surface area (Å²) in [6, 6.07) is 8.02. The highest BCUT2D eigenvalue weighted by Gasteiger charge is 2.09. The number of carbonyl (C=O) groups excluding carboxylic acids is 1. The van der Waals surface area contributed by atoms with E-state index in [9.17, 15) is 14.9 Å². The number of carbonyl (C=O) groups is 1. The molecule has 2 rings (SSSR count). The number of benzene rings is 1. The summed E-state index contributed by atoms with van der Waals surface area (Å²) in [7, 11) is 0. The fraction of sp³-hybridized carbons (Fsp3) is 0.0833. The second-order valence-corrected chi connectivity index (χ2v) is 6.55. The molecular formula is C12H9IN2O3S. The number of nitrogens with zero attached hydrogens (tertiary/aromatic N) is 1. The summed E-state index contributed by atoms with van der Waals surface area (Å²) in [5, 5.41) is 15.2. The van der Waals surface area contributed by atoms with Crippen LogP contribution < -0.4 is 5.32 Å². The van der Waals surface area contributed by atoms with Gasteiger partial charge in [-0.25, -0.2) is 0 Å². The molecule has 0 atom stereocenters. The van der Waals surface area contributed by atoms with Gasteiger partial charge in [-0.15, -0.1) is 11.3 Å². The lowest BCUT2D eigenvalue weighted by molar-refractivity contribution is -0.384. The smallest absolute Gasteiger partial charge is 0.269 e. The number of hydrogen-bond donors (Lipinski definition) is 1. The van der Waals surface area contributed by atoms with Gasteiger partial charge in [0.05, 0.1) is 13.4 Å². The molecule has 98 valence electrons. The van der Waals surface area contributed by atoms with Crippen molar-refractivity contribution >= 4 is 45.5 Å². The first kappa shape index (κ1) is 13.9. The van der Waals surface area contributed by atoms with E-state index in [1.54, 1.807) is 23.6 Å². The first-order valence-corrected chi connectivity index (χ1v) is 7.27. The standard InChI is InChI=1S/C12H9IN2O3S/c13-11-5-9(7-19-11)12(16)14-6-8-2-1-3-10(4-8)15(17)18/h1-5,7H,6H2,(H,14,16). The van der Waals surface area contributed by atoms with Crippen LogP contribution in [0.5, 0.6) is 0 Å². The fourth-order valence-corrected chi connectivity index (χ4v) is 2.82. The van der Waals surface area contributed by atoms with Crippen molar-refractivity contribution in [1.29, 1.82) is 0 Å². The molecule has 1 amide bonds. The summed E-state index contributed by atoms with van der Waals surface area (Å²) < 4.78 is 1.04. The Morgan fingerprint density at radius 2 is 2.21 bits per heavy atom. The topological polar surface area (TPSA) is 72.2 Å². The summed E-state index contributed by atoms with van der Waals surface area (Å²) in [6.45, 7) is 0.271. The number of nitro benzene ring substituents is 1. The van der Waals surface area contributed by atoms with E-state index < -0.39 is 4.92 Å². The van der Waals surface area contributed by atoms with E-state index in [1.165, 1.54) is 23.5 Å². The molecule has 0 fully saturated rings. The molecule has 0 bridgehead atoms. The zero-order valence-corrected chi connectivity index (χ0v) is 12.6. The van der Waals surface area contributed by atoms with Gasteiger partial charge in [-0.2, -0.15) is 0 Å². The Morgan fingerprint density at radius 3 is 2.84 bits per heavy atom. The Balaban J connectivity index is 2.01. The molecule has 1 heterocycles. The Bertz CT molecular complexity index is 627. The molecule has 5 nitrogen and oxygen atoms in total. The zero-order chi connectivity index (χ0) is 13.8. The molecule has 1 aromatic heterocycles. The van der Waals surface area contributed by atoms with Crippen molar-refractivity contribution in [1.82, 2.24) is 5.32 Å². The molecule has 7 heteroatoms. The van der Waals surface area contributed by atoms with Gasteiger partial charge in [-0.1, -0.05) is 12.1 Å². The van der Waals surface area contributed by atoms with Crippen LogP contribution >= 0.6 is 33.9 Å². The Morgan fingerprint density at radius 1 is 1.42 bits per heavy atom. The summed E-state index contributed by atoms with van der Waals surface area (Å²) in [5.41, 5.74) is 1.34. The van der Waals surface area contributed by atoms with Gasteiger partial charge in [0.2, 0.25) is 0 Å². The van der Waals surface area contributed by atoms with Crippen molar-refractivity contribution in [2.24, 2.45) is 0 Å². The minimum absolute atomic E-state index is 0.0248. The first-order chi connectivity index (χ1) is 9.06. The zero-order valence-electron chi connectivity index (χ0n) is 9.63. The van der Waals surface area contributed by atoms with Crippen molar-refractivity contribution in [2.45, 2.75) is 6.54 Å². The number of rotatable bonds is 4. The SMILES string of the molecule is O=C(NCc1cccc([N+](=O)[O-])c1)c1csc(I)c1. The van der Waals surface area contributed by atoms with Crippen LogP contribution in [0.2, 0.25) is 0 Å². The molecule has 0 spiro atoms. The summed E-state index contributed by atoms with van der Waals surface area (Å²) in [5.74, 6) is -0.175. The summed E-state index contributed by atoms with van der Waals surface area (Å²) >= 11 is 3.65. The molecule has 0 aliphatic heterocycles. The number of hydrogen-bond acceptors (Lipinski definition) is 4. The lowest BCUT2D eigenvalue weighted by Crippen LogP contribution is -2.22. The van der Waals surface area contributed by atoms with E-state index in [0.29, 0.717) is 11.1 Å². The van der Waals surface area contributed by atoms with Crippen molar-refractivity contribution in [2.75, 3.05) is 0 Å². The van der Waals surface area contributed by atoms with Crippen molar-refractivity contribution in [3.8, 4) is 0 Å². The van der Waals surface area contributed by atoms with Gasteiger partial charge in [0, 0.05) is 24.1 Å². The van der Waals surface area contributed by atoms with Gasteiger partial charge in [0.15, 0.2) is 0 Å². The van der Waals surface area contributed by atoms with Gasteiger partial charge < -0.3 is 5.32 Å². The number of amides is 1. The maximum atomic E-state index is 11.8. The van der Waals surface area contributed by atoms with Crippen LogP contribution in [0.15, 0.2) is 35.7 Å². The quantitative estimate of drug-likeness (QED) is 0.497. The van der Waals surface area contributed by atoms with Gasteiger partial charge in [0.25, 0.3) is 11.6 Å². The Kier molecular flexibility index (Phi) is 4.48. The third-order valence-electron chi connectivity index (χ3n) is 2.40. The molecule has 0 aliphatic rings. The maximum Gasteiger partial charge on any atom is 0.269 e. The molecule has 0 saturated heterocycles. The average molecular weight is 388 g/mol. The van der Waals surface area contributed by atoms with E-state index in [0.717, 1.165) is 2.88 Å². The predicted molar refractivity (Wildman–Crippen MR) is 81.3 cm³/mol. The number of non-ortho nitro benzene ring substituents is 1. The van der Waals surface area contributed by atoms with Crippen molar-refractivity contribution in [3.05, 3.63) is 59.8 Å². The van der Waals surface area contributed by atoms with Gasteiger partial charge in [-0.05, 0) is 34.2 Å². The Labute approximate surface area is 126 Å². The van der Waals surface area contributed by atoms with Crippen LogP contribution in [0.3, 0.4) is 0 Å². The molecule has 1 aromatic carbocycles. The van der Waals surface area contributed by atoms with Gasteiger partial charge in [0.1, 0.15) is 0 Å². The highest BCUT2D eigenvalue weighted by Crippen LogP contribution is 2.17. The number of nitrogens with one attached hydrogen (secondary N) is 1. The average Bonchev–Trinajstić information content (AvgIpc) is 2.83. The van der Waals surface area contributed by atoms with Crippen molar-refractivity contribution < 1.29 is 9.72 Å². The third kappa shape index (κ3) is 3.74. The van der Waals surface area contributed by atoms with E-state index in [2.05, 4.69) is 27.9 Å². The number of thiophene rings is 1. The maximum absolute atomic E-state index is 11.8. The molecule has 0 saturated carbocycles. The number of halogens is 1. The minimum atomic E-state index is -0.452. The van der Waals surface area contributed by atoms with E-state index in [4.69, 9.17) is 0 Å². The lowest BCUT2D eigenvalue weighted by Gasteiger charge is -2.03. The molecule has 0 radical (unpaired) electrons. The second kappa shape index (κ2) is 6.11. The number of nitro groups is 1. The summed E-state index contributed by atoms with van der Waals surface area (Å²) in [4.78, 5) is 22.0. The first-order valence-electron chi connectivity index (χ1n) is 5.32. The molecular weight excluding hydrogens is 379 g/mol. The van der Waals surface area contributed by atoms with Gasteiger partial charge in [-0.3, -0.25) is 14.9 Å². The highest BCUT2D eigenvalue weighted by molar-refractivity contribution is 14.1. The second-order valence-electron chi connectivity index (χ2n) is 3.75. The van der Waals surface area contributed by atoms with Crippen LogP contribution in [0.1, 0.15) is 15.9 Å². The monoisotopic (exact) mass is 388 g/mol. The van der Waals surface area contributed by atoms with Crippen LogP contribution in [0.4, 0.5) is 5.69 Å². The molecule has 19 heavy (non-hydrogen) atoms. The van der Waals surface area contributed by atoms with Crippen LogP contribution in [-0.4, -0.2) is 10.8 Å². The third-order valence-corrected chi connectivity index (χ3v) is 4.19. The van der Waals surface area contributed by atoms with E-state index in [1.807, 2.05) is 0 Å². The van der Waals surface area contributed by atoms with Crippen LogP contribution in [0.25, 0.3) is 0 Å². The molecule has 0 unspecified atom stereocenters. The normalized spacial score (nSPS) is 10.2. The van der Waals surface area contributed by atoms with E-state index in [-0.39, 0.29) is 18.1 Å². The van der Waals surface area contributed by atoms with Gasteiger partial charge >= 0.3 is 0 Å². The van der Waals surface area contributed by atoms with Crippen molar-refractivity contribution in [3.63, 3.8) is 0 Å². The van der Waals surface area contributed by atoms with E-state index >= 15 is 0 Å². The predicted octanol–water partition coefficient (Wildman–Crippen LogP) is 3.19. The highest BCUT2D eigenvalue weighted by atomic mass is 127. The fourth-order valence-electron chi connectivity index (χ4n) is 1.49. The molecule has 0 aliphatic carbocycles. The summed E-state index contributed by atoms with van der Waals surface area (Å²) in [6.07, 6.45) is 0. The largest absolute Gasteiger partial charge is 0.348 e.